The molecule has 27 heavy (non-hydrogen) atoms. The first kappa shape index (κ1) is 17.5. The van der Waals surface area contributed by atoms with Gasteiger partial charge in [-0.2, -0.15) is 4.98 Å². The number of likely N-dealkylation sites (tertiary alicyclic amines) is 1. The molecule has 2 aliphatic heterocycles. The number of para-hydroxylation sites is 2. The zero-order chi connectivity index (χ0) is 18.8. The SMILES string of the molecule is O=C(OCC(=O)N1CCCC1=O)C1CCN(c2nc3ccccc3o2)CC1. The van der Waals surface area contributed by atoms with Crippen LogP contribution in [0.2, 0.25) is 0 Å². The van der Waals surface area contributed by atoms with E-state index >= 15 is 0 Å². The monoisotopic (exact) mass is 371 g/mol. The molecular weight excluding hydrogens is 350 g/mol. The van der Waals surface area contributed by atoms with Gasteiger partial charge in [-0.1, -0.05) is 12.1 Å². The fourth-order valence-corrected chi connectivity index (χ4v) is 3.54. The lowest BCUT2D eigenvalue weighted by molar-refractivity contribution is -0.158. The number of hydrogen-bond donors (Lipinski definition) is 0. The summed E-state index contributed by atoms with van der Waals surface area (Å²) in [6.45, 7) is 1.31. The van der Waals surface area contributed by atoms with Crippen LogP contribution in [0, 0.1) is 5.92 Å². The zero-order valence-electron chi connectivity index (χ0n) is 14.9. The molecule has 0 bridgehead atoms. The van der Waals surface area contributed by atoms with Gasteiger partial charge < -0.3 is 14.1 Å². The molecule has 0 unspecified atom stereocenters. The topological polar surface area (TPSA) is 93.0 Å². The van der Waals surface area contributed by atoms with E-state index in [0.29, 0.717) is 51.3 Å². The number of nitrogens with zero attached hydrogens (tertiary/aromatic N) is 3. The van der Waals surface area contributed by atoms with Gasteiger partial charge >= 0.3 is 5.97 Å². The molecule has 0 aliphatic carbocycles. The Bertz CT molecular complexity index is 836. The average molecular weight is 371 g/mol. The number of amides is 2. The number of carbonyl (C=O) groups is 3. The van der Waals surface area contributed by atoms with Gasteiger partial charge in [-0.15, -0.1) is 0 Å². The number of carbonyl (C=O) groups excluding carboxylic acids is 3. The largest absolute Gasteiger partial charge is 0.455 e. The van der Waals surface area contributed by atoms with Crippen LogP contribution in [0.1, 0.15) is 25.7 Å². The Kier molecular flexibility index (Phi) is 4.79. The Hall–Kier alpha value is -2.90. The quantitative estimate of drug-likeness (QED) is 0.756. The summed E-state index contributed by atoms with van der Waals surface area (Å²) in [5.41, 5.74) is 1.55. The Morgan fingerprint density at radius 3 is 2.67 bits per heavy atom. The van der Waals surface area contributed by atoms with E-state index in [9.17, 15) is 14.4 Å². The van der Waals surface area contributed by atoms with Gasteiger partial charge in [0.2, 0.25) is 5.91 Å². The van der Waals surface area contributed by atoms with E-state index in [1.165, 1.54) is 4.90 Å². The van der Waals surface area contributed by atoms with E-state index in [4.69, 9.17) is 9.15 Å². The van der Waals surface area contributed by atoms with Crippen molar-refractivity contribution in [3.05, 3.63) is 24.3 Å². The molecule has 1 aromatic carbocycles. The molecule has 0 spiro atoms. The number of fused-ring (bicyclic) bond motifs is 1. The Morgan fingerprint density at radius 2 is 1.96 bits per heavy atom. The van der Waals surface area contributed by atoms with Crippen LogP contribution in [0.25, 0.3) is 11.1 Å². The molecule has 2 amide bonds. The number of rotatable bonds is 4. The van der Waals surface area contributed by atoms with E-state index in [-0.39, 0.29) is 24.4 Å². The number of anilines is 1. The molecule has 0 atom stereocenters. The van der Waals surface area contributed by atoms with Gasteiger partial charge in [0.05, 0.1) is 5.92 Å². The number of piperidine rings is 1. The molecule has 2 saturated heterocycles. The maximum absolute atomic E-state index is 12.2. The summed E-state index contributed by atoms with van der Waals surface area (Å²) in [4.78, 5) is 43.4. The van der Waals surface area contributed by atoms with E-state index in [2.05, 4.69) is 4.98 Å². The maximum atomic E-state index is 12.2. The summed E-state index contributed by atoms with van der Waals surface area (Å²) in [7, 11) is 0. The number of aromatic nitrogens is 1. The summed E-state index contributed by atoms with van der Waals surface area (Å²) < 4.78 is 10.9. The van der Waals surface area contributed by atoms with Gasteiger partial charge in [-0.05, 0) is 31.4 Å². The van der Waals surface area contributed by atoms with Crippen molar-refractivity contribution < 1.29 is 23.5 Å². The second-order valence-corrected chi connectivity index (χ2v) is 6.88. The molecule has 1 aromatic heterocycles. The lowest BCUT2D eigenvalue weighted by Gasteiger charge is -2.29. The van der Waals surface area contributed by atoms with Gasteiger partial charge in [-0.25, -0.2) is 0 Å². The van der Waals surface area contributed by atoms with Gasteiger partial charge in [0.25, 0.3) is 11.9 Å². The smallest absolute Gasteiger partial charge is 0.309 e. The second-order valence-electron chi connectivity index (χ2n) is 6.88. The molecule has 142 valence electrons. The minimum atomic E-state index is -0.435. The van der Waals surface area contributed by atoms with Gasteiger partial charge in [0.1, 0.15) is 5.52 Å². The van der Waals surface area contributed by atoms with Crippen molar-refractivity contribution in [3.63, 3.8) is 0 Å². The predicted octanol–water partition coefficient (Wildman–Crippen LogP) is 1.74. The summed E-state index contributed by atoms with van der Waals surface area (Å²) >= 11 is 0. The maximum Gasteiger partial charge on any atom is 0.309 e. The molecular formula is C19H21N3O5. The highest BCUT2D eigenvalue weighted by Gasteiger charge is 2.31. The van der Waals surface area contributed by atoms with Crippen molar-refractivity contribution in [2.24, 2.45) is 5.92 Å². The third kappa shape index (κ3) is 3.65. The average Bonchev–Trinajstić information content (AvgIpc) is 3.32. The normalized spacial score (nSPS) is 18.3. The predicted molar refractivity (Wildman–Crippen MR) is 95.9 cm³/mol. The van der Waals surface area contributed by atoms with Crippen LogP contribution >= 0.6 is 0 Å². The Balaban J connectivity index is 1.27. The van der Waals surface area contributed by atoms with E-state index < -0.39 is 5.91 Å². The van der Waals surface area contributed by atoms with Gasteiger partial charge in [0.15, 0.2) is 12.2 Å². The molecule has 2 aliphatic rings. The first-order valence-corrected chi connectivity index (χ1v) is 9.22. The number of oxazole rings is 1. The third-order valence-corrected chi connectivity index (χ3v) is 5.09. The van der Waals surface area contributed by atoms with Gasteiger partial charge in [0, 0.05) is 26.1 Å². The number of imide groups is 1. The highest BCUT2D eigenvalue weighted by molar-refractivity contribution is 5.97. The van der Waals surface area contributed by atoms with E-state index in [1.54, 1.807) is 0 Å². The van der Waals surface area contributed by atoms with Crippen molar-refractivity contribution >= 4 is 34.9 Å². The van der Waals surface area contributed by atoms with Crippen LogP contribution in [0.4, 0.5) is 6.01 Å². The van der Waals surface area contributed by atoms with Crippen LogP contribution in [-0.2, 0) is 19.1 Å². The van der Waals surface area contributed by atoms with Crippen LogP contribution in [0.15, 0.2) is 28.7 Å². The fourth-order valence-electron chi connectivity index (χ4n) is 3.54. The molecule has 8 nitrogen and oxygen atoms in total. The highest BCUT2D eigenvalue weighted by atomic mass is 16.5. The van der Waals surface area contributed by atoms with Crippen LogP contribution in [-0.4, -0.2) is 53.9 Å². The van der Waals surface area contributed by atoms with Crippen molar-refractivity contribution in [1.82, 2.24) is 9.88 Å². The standard InChI is InChI=1S/C19H21N3O5/c23-16-6-3-9-22(16)17(24)12-26-18(25)13-7-10-21(11-8-13)19-20-14-4-1-2-5-15(14)27-19/h1-2,4-5,13H,3,6-12H2. The number of benzene rings is 1. The second kappa shape index (κ2) is 7.38. The molecule has 2 fully saturated rings. The minimum absolute atomic E-state index is 0.192. The molecule has 2 aromatic rings. The molecule has 0 radical (unpaired) electrons. The zero-order valence-corrected chi connectivity index (χ0v) is 14.9. The lowest BCUT2D eigenvalue weighted by atomic mass is 9.97. The van der Waals surface area contributed by atoms with Crippen LogP contribution in [0.3, 0.4) is 0 Å². The first-order chi connectivity index (χ1) is 13.1. The number of esters is 1. The number of ether oxygens (including phenoxy) is 1. The van der Waals surface area contributed by atoms with Crippen molar-refractivity contribution in [1.29, 1.82) is 0 Å². The third-order valence-electron chi connectivity index (χ3n) is 5.09. The van der Waals surface area contributed by atoms with Crippen LogP contribution < -0.4 is 4.90 Å². The summed E-state index contributed by atoms with van der Waals surface area (Å²) in [6.07, 6.45) is 2.27. The Labute approximate surface area is 156 Å². The lowest BCUT2D eigenvalue weighted by Crippen LogP contribution is -2.39. The van der Waals surface area contributed by atoms with Crippen molar-refractivity contribution in [3.8, 4) is 0 Å². The van der Waals surface area contributed by atoms with Crippen LogP contribution in [0.5, 0.6) is 0 Å². The molecule has 4 rings (SSSR count). The van der Waals surface area contributed by atoms with Gasteiger partial charge in [-0.3, -0.25) is 19.3 Å². The fraction of sp³-hybridized carbons (Fsp3) is 0.474. The Morgan fingerprint density at radius 1 is 1.19 bits per heavy atom. The highest BCUT2D eigenvalue weighted by Crippen LogP contribution is 2.26. The first-order valence-electron chi connectivity index (χ1n) is 9.22. The van der Waals surface area contributed by atoms with Crippen molar-refractivity contribution in [2.75, 3.05) is 31.1 Å². The molecule has 0 N–H and O–H groups in total. The number of hydrogen-bond acceptors (Lipinski definition) is 7. The van der Waals surface area contributed by atoms with E-state index in [0.717, 1.165) is 11.1 Å². The summed E-state index contributed by atoms with van der Waals surface area (Å²) in [5.74, 6) is -1.27. The molecule has 8 heteroatoms. The minimum Gasteiger partial charge on any atom is -0.455 e. The summed E-state index contributed by atoms with van der Waals surface area (Å²) in [6, 6.07) is 8.14. The molecule has 3 heterocycles. The summed E-state index contributed by atoms with van der Waals surface area (Å²) in [5, 5.41) is 0. The van der Waals surface area contributed by atoms with E-state index in [1.807, 2.05) is 29.2 Å². The molecule has 0 saturated carbocycles. The van der Waals surface area contributed by atoms with Crippen molar-refractivity contribution in [2.45, 2.75) is 25.7 Å².